The van der Waals surface area contributed by atoms with E-state index in [2.05, 4.69) is 0 Å². The molecule has 0 N–H and O–H groups in total. The molecule has 3 heteroatoms. The monoisotopic (exact) mass is 251 g/mol. The maximum Gasteiger partial charge on any atom is 0.418 e. The standard InChI is InChI=1S/C16H13NO2/c1-19-16(18)17-11-13-9-5-6-10-14(13)15(17)12-7-3-2-4-8-12/h2-11H,1H3. The largest absolute Gasteiger partial charge is 0.452 e. The maximum absolute atomic E-state index is 11.9. The van der Waals surface area contributed by atoms with E-state index in [1.807, 2.05) is 60.8 Å². The predicted molar refractivity (Wildman–Crippen MR) is 75.2 cm³/mol. The van der Waals surface area contributed by atoms with Gasteiger partial charge in [-0.2, -0.15) is 0 Å². The molecule has 94 valence electrons. The first-order valence-electron chi connectivity index (χ1n) is 6.05. The van der Waals surface area contributed by atoms with Crippen LogP contribution < -0.4 is 0 Å². The highest BCUT2D eigenvalue weighted by Crippen LogP contribution is 2.30. The van der Waals surface area contributed by atoms with Crippen molar-refractivity contribution in [2.45, 2.75) is 0 Å². The van der Waals surface area contributed by atoms with Crippen molar-refractivity contribution in [3.8, 4) is 11.3 Å². The topological polar surface area (TPSA) is 31.2 Å². The zero-order valence-electron chi connectivity index (χ0n) is 10.5. The summed E-state index contributed by atoms with van der Waals surface area (Å²) in [6.45, 7) is 0. The van der Waals surface area contributed by atoms with Crippen LogP contribution in [0.5, 0.6) is 0 Å². The van der Waals surface area contributed by atoms with Gasteiger partial charge in [-0.15, -0.1) is 0 Å². The number of fused-ring (bicyclic) bond motifs is 1. The quantitative estimate of drug-likeness (QED) is 0.656. The molecule has 1 aromatic heterocycles. The van der Waals surface area contributed by atoms with Gasteiger partial charge in [0.15, 0.2) is 0 Å². The molecule has 0 amide bonds. The Hall–Kier alpha value is -2.55. The average molecular weight is 251 g/mol. The van der Waals surface area contributed by atoms with Gasteiger partial charge in [0, 0.05) is 17.0 Å². The molecule has 0 bridgehead atoms. The molecule has 0 aliphatic rings. The number of benzene rings is 2. The molecule has 0 unspecified atom stereocenters. The highest BCUT2D eigenvalue weighted by molar-refractivity contribution is 6.00. The first-order chi connectivity index (χ1) is 9.31. The highest BCUT2D eigenvalue weighted by atomic mass is 16.5. The molecule has 0 atom stereocenters. The first kappa shape index (κ1) is 11.5. The van der Waals surface area contributed by atoms with Gasteiger partial charge in [-0.3, -0.25) is 4.57 Å². The molecule has 0 aliphatic carbocycles. The minimum absolute atomic E-state index is 0.380. The lowest BCUT2D eigenvalue weighted by Gasteiger charge is -2.07. The molecular formula is C16H13NO2. The number of hydrogen-bond donors (Lipinski definition) is 0. The summed E-state index contributed by atoms with van der Waals surface area (Å²) in [6.07, 6.45) is 1.43. The van der Waals surface area contributed by atoms with Crippen molar-refractivity contribution in [1.29, 1.82) is 0 Å². The average Bonchev–Trinajstić information content (AvgIpc) is 2.86. The summed E-state index contributed by atoms with van der Waals surface area (Å²) < 4.78 is 6.41. The van der Waals surface area contributed by atoms with Gasteiger partial charge in [-0.1, -0.05) is 54.6 Å². The summed E-state index contributed by atoms with van der Waals surface area (Å²) in [5.74, 6) is 0. The number of carbonyl (C=O) groups excluding carboxylic acids is 1. The fourth-order valence-electron chi connectivity index (χ4n) is 2.29. The van der Waals surface area contributed by atoms with Gasteiger partial charge >= 0.3 is 6.09 Å². The molecule has 1 heterocycles. The number of rotatable bonds is 1. The second-order valence-corrected chi connectivity index (χ2v) is 4.27. The van der Waals surface area contributed by atoms with Crippen LogP contribution in [0.25, 0.3) is 22.0 Å². The smallest absolute Gasteiger partial charge is 0.418 e. The molecule has 3 aromatic rings. The van der Waals surface area contributed by atoms with Crippen LogP contribution in [0.15, 0.2) is 60.8 Å². The van der Waals surface area contributed by atoms with E-state index in [1.165, 1.54) is 7.11 Å². The lowest BCUT2D eigenvalue weighted by Crippen LogP contribution is -2.11. The summed E-state index contributed by atoms with van der Waals surface area (Å²) >= 11 is 0. The molecule has 2 aromatic carbocycles. The van der Waals surface area contributed by atoms with Crippen molar-refractivity contribution in [3.63, 3.8) is 0 Å². The minimum Gasteiger partial charge on any atom is -0.452 e. The molecule has 0 aliphatic heterocycles. The Morgan fingerprint density at radius 1 is 1.00 bits per heavy atom. The molecule has 0 radical (unpaired) electrons. The van der Waals surface area contributed by atoms with E-state index < -0.39 is 0 Å². The Bertz CT molecular complexity index is 729. The van der Waals surface area contributed by atoms with Crippen LogP contribution in [-0.2, 0) is 4.74 Å². The van der Waals surface area contributed by atoms with Crippen LogP contribution in [-0.4, -0.2) is 17.8 Å². The summed E-state index contributed by atoms with van der Waals surface area (Å²) in [6, 6.07) is 17.8. The molecule has 0 saturated carbocycles. The number of hydrogen-bond acceptors (Lipinski definition) is 2. The van der Waals surface area contributed by atoms with Crippen molar-refractivity contribution in [1.82, 2.24) is 4.57 Å². The Balaban J connectivity index is 2.34. The van der Waals surface area contributed by atoms with Crippen molar-refractivity contribution >= 4 is 16.9 Å². The Morgan fingerprint density at radius 3 is 2.42 bits per heavy atom. The van der Waals surface area contributed by atoms with Crippen LogP contribution in [0, 0.1) is 0 Å². The molecule has 19 heavy (non-hydrogen) atoms. The van der Waals surface area contributed by atoms with E-state index in [0.29, 0.717) is 0 Å². The Labute approximate surface area is 111 Å². The Kier molecular flexibility index (Phi) is 2.80. The zero-order valence-corrected chi connectivity index (χ0v) is 10.5. The third-order valence-electron chi connectivity index (χ3n) is 3.14. The third kappa shape index (κ3) is 1.89. The number of carbonyl (C=O) groups is 1. The van der Waals surface area contributed by atoms with Gasteiger partial charge in [0.25, 0.3) is 0 Å². The van der Waals surface area contributed by atoms with Crippen LogP contribution in [0.4, 0.5) is 4.79 Å². The van der Waals surface area contributed by atoms with Gasteiger partial charge in [0.05, 0.1) is 12.8 Å². The van der Waals surface area contributed by atoms with Gasteiger partial charge in [-0.05, 0) is 5.56 Å². The minimum atomic E-state index is -0.380. The molecule has 3 nitrogen and oxygen atoms in total. The second-order valence-electron chi connectivity index (χ2n) is 4.27. The first-order valence-corrected chi connectivity index (χ1v) is 6.05. The fourth-order valence-corrected chi connectivity index (χ4v) is 2.29. The fraction of sp³-hybridized carbons (Fsp3) is 0.0625. The van der Waals surface area contributed by atoms with E-state index in [-0.39, 0.29) is 6.09 Å². The Morgan fingerprint density at radius 2 is 1.68 bits per heavy atom. The van der Waals surface area contributed by atoms with Crippen LogP contribution >= 0.6 is 0 Å². The zero-order chi connectivity index (χ0) is 13.2. The van der Waals surface area contributed by atoms with Gasteiger partial charge in [0.1, 0.15) is 0 Å². The van der Waals surface area contributed by atoms with Crippen molar-refractivity contribution in [2.75, 3.05) is 7.11 Å². The van der Waals surface area contributed by atoms with Gasteiger partial charge in [0.2, 0.25) is 0 Å². The number of aromatic nitrogens is 1. The van der Waals surface area contributed by atoms with Gasteiger partial charge in [-0.25, -0.2) is 4.79 Å². The number of nitrogens with zero attached hydrogens (tertiary/aromatic N) is 1. The summed E-state index contributed by atoms with van der Waals surface area (Å²) in [5.41, 5.74) is 1.86. The molecular weight excluding hydrogens is 238 g/mol. The summed E-state index contributed by atoms with van der Waals surface area (Å²) in [5, 5.41) is 2.06. The van der Waals surface area contributed by atoms with Gasteiger partial charge < -0.3 is 4.74 Å². The lowest BCUT2D eigenvalue weighted by atomic mass is 10.1. The third-order valence-corrected chi connectivity index (χ3v) is 3.14. The second kappa shape index (κ2) is 4.61. The summed E-state index contributed by atoms with van der Waals surface area (Å²) in [4.78, 5) is 11.9. The van der Waals surface area contributed by atoms with Crippen molar-refractivity contribution < 1.29 is 9.53 Å². The predicted octanol–water partition coefficient (Wildman–Crippen LogP) is 3.92. The van der Waals surface area contributed by atoms with Crippen LogP contribution in [0.1, 0.15) is 0 Å². The molecule has 0 fully saturated rings. The number of methoxy groups -OCH3 is 1. The van der Waals surface area contributed by atoms with E-state index in [4.69, 9.17) is 4.74 Å². The van der Waals surface area contributed by atoms with Crippen molar-refractivity contribution in [2.24, 2.45) is 0 Å². The van der Waals surface area contributed by atoms with E-state index in [0.717, 1.165) is 22.0 Å². The normalized spacial score (nSPS) is 10.6. The van der Waals surface area contributed by atoms with Crippen LogP contribution in [0.3, 0.4) is 0 Å². The van der Waals surface area contributed by atoms with Crippen molar-refractivity contribution in [3.05, 3.63) is 60.8 Å². The van der Waals surface area contributed by atoms with Crippen LogP contribution in [0.2, 0.25) is 0 Å². The summed E-state index contributed by atoms with van der Waals surface area (Å²) in [7, 11) is 1.39. The van der Waals surface area contributed by atoms with E-state index in [1.54, 1.807) is 4.57 Å². The van der Waals surface area contributed by atoms with E-state index in [9.17, 15) is 4.79 Å². The van der Waals surface area contributed by atoms with E-state index >= 15 is 0 Å². The highest BCUT2D eigenvalue weighted by Gasteiger charge is 2.15. The molecule has 0 saturated heterocycles. The SMILES string of the molecule is COC(=O)n1cc2ccccc2c1-c1ccccc1. The molecule has 3 rings (SSSR count). The lowest BCUT2D eigenvalue weighted by molar-refractivity contribution is 0.173. The maximum atomic E-state index is 11.9. The number of ether oxygens (including phenoxy) is 1. The molecule has 0 spiro atoms.